The molecule has 146 valence electrons. The number of carbonyl (C=O) groups is 1. The van der Waals surface area contributed by atoms with Crippen LogP contribution in [-0.2, 0) is 14.8 Å². The summed E-state index contributed by atoms with van der Waals surface area (Å²) in [6, 6.07) is 14.0. The molecule has 0 spiro atoms. The van der Waals surface area contributed by atoms with Gasteiger partial charge in [-0.3, -0.25) is 4.79 Å². The molecule has 0 saturated heterocycles. The Bertz CT molecular complexity index is 859. The second-order valence-corrected chi connectivity index (χ2v) is 8.48. The van der Waals surface area contributed by atoms with Crippen molar-refractivity contribution in [2.75, 3.05) is 5.32 Å². The first-order valence-electron chi connectivity index (χ1n) is 9.26. The third kappa shape index (κ3) is 5.65. The van der Waals surface area contributed by atoms with Gasteiger partial charge in [0.05, 0.1) is 4.90 Å². The maximum absolute atomic E-state index is 12.7. The largest absolute Gasteiger partial charge is 0.326 e. The highest BCUT2D eigenvalue weighted by Crippen LogP contribution is 2.24. The number of sulfonamides is 1. The Labute approximate surface area is 162 Å². The number of benzene rings is 2. The predicted molar refractivity (Wildman–Crippen MR) is 109 cm³/mol. The predicted octanol–water partition coefficient (Wildman–Crippen LogP) is 4.59. The van der Waals surface area contributed by atoms with Gasteiger partial charge in [-0.15, -0.1) is 0 Å². The average molecular weight is 389 g/mol. The smallest absolute Gasteiger partial charge is 0.241 e. The lowest BCUT2D eigenvalue weighted by Gasteiger charge is -2.19. The van der Waals surface area contributed by atoms with Crippen LogP contribution in [0, 0.1) is 0 Å². The molecule has 0 aromatic heterocycles. The Hall–Kier alpha value is -2.18. The first-order valence-corrected chi connectivity index (χ1v) is 10.7. The van der Waals surface area contributed by atoms with Crippen LogP contribution >= 0.6 is 0 Å². The standard InChI is InChI=1S/C21H28N2O3S/c1-5-15(3)17-7-9-18(10-8-17)21(6-2)23-27(25,26)20-13-11-19(12-14-20)22-16(4)24/h7-15,21,23H,5-6H2,1-4H3,(H,22,24). The van der Waals surface area contributed by atoms with Gasteiger partial charge in [-0.05, 0) is 54.2 Å². The molecule has 2 N–H and O–H groups in total. The molecule has 2 atom stereocenters. The molecule has 1 amide bonds. The van der Waals surface area contributed by atoms with Crippen molar-refractivity contribution in [3.63, 3.8) is 0 Å². The quantitative estimate of drug-likeness (QED) is 0.694. The minimum Gasteiger partial charge on any atom is -0.326 e. The molecule has 0 aliphatic carbocycles. The van der Waals surface area contributed by atoms with Gasteiger partial charge in [0.15, 0.2) is 0 Å². The van der Waals surface area contributed by atoms with Crippen LogP contribution in [0.1, 0.15) is 63.6 Å². The van der Waals surface area contributed by atoms with Crippen molar-refractivity contribution in [1.82, 2.24) is 4.72 Å². The van der Waals surface area contributed by atoms with Gasteiger partial charge >= 0.3 is 0 Å². The van der Waals surface area contributed by atoms with Gasteiger partial charge in [-0.2, -0.15) is 0 Å². The molecule has 2 aromatic carbocycles. The van der Waals surface area contributed by atoms with Crippen LogP contribution in [-0.4, -0.2) is 14.3 Å². The molecule has 2 aromatic rings. The molecule has 5 nitrogen and oxygen atoms in total. The minimum absolute atomic E-state index is 0.172. The molecule has 0 bridgehead atoms. The Morgan fingerprint density at radius 3 is 1.96 bits per heavy atom. The van der Waals surface area contributed by atoms with Crippen molar-refractivity contribution in [2.24, 2.45) is 0 Å². The maximum atomic E-state index is 12.7. The highest BCUT2D eigenvalue weighted by Gasteiger charge is 2.20. The van der Waals surface area contributed by atoms with Gasteiger partial charge < -0.3 is 5.32 Å². The summed E-state index contributed by atoms with van der Waals surface area (Å²) in [4.78, 5) is 11.3. The third-order valence-electron chi connectivity index (χ3n) is 4.71. The van der Waals surface area contributed by atoms with E-state index < -0.39 is 10.0 Å². The summed E-state index contributed by atoms with van der Waals surface area (Å²) in [7, 11) is -3.66. The highest BCUT2D eigenvalue weighted by molar-refractivity contribution is 7.89. The molecular formula is C21H28N2O3S. The van der Waals surface area contributed by atoms with Gasteiger partial charge in [-0.1, -0.05) is 45.0 Å². The second-order valence-electron chi connectivity index (χ2n) is 6.76. The summed E-state index contributed by atoms with van der Waals surface area (Å²) in [6.07, 6.45) is 1.71. The zero-order valence-corrected chi connectivity index (χ0v) is 17.1. The Kier molecular flexibility index (Phi) is 7.16. The van der Waals surface area contributed by atoms with Gasteiger partial charge in [-0.25, -0.2) is 13.1 Å². The molecule has 27 heavy (non-hydrogen) atoms. The number of nitrogens with one attached hydrogen (secondary N) is 2. The number of anilines is 1. The number of hydrogen-bond donors (Lipinski definition) is 2. The lowest BCUT2D eigenvalue weighted by Crippen LogP contribution is -2.28. The van der Waals surface area contributed by atoms with Crippen molar-refractivity contribution in [3.05, 3.63) is 59.7 Å². The molecule has 6 heteroatoms. The van der Waals surface area contributed by atoms with Crippen LogP contribution in [0.2, 0.25) is 0 Å². The van der Waals surface area contributed by atoms with E-state index in [4.69, 9.17) is 0 Å². The summed E-state index contributed by atoms with van der Waals surface area (Å²) < 4.78 is 28.2. The summed E-state index contributed by atoms with van der Waals surface area (Å²) in [5.74, 6) is 0.286. The molecular weight excluding hydrogens is 360 g/mol. The fourth-order valence-corrected chi connectivity index (χ4v) is 4.16. The van der Waals surface area contributed by atoms with E-state index in [9.17, 15) is 13.2 Å². The SMILES string of the molecule is CCC(C)c1ccc(C(CC)NS(=O)(=O)c2ccc(NC(C)=O)cc2)cc1. The summed E-state index contributed by atoms with van der Waals surface area (Å²) in [5.41, 5.74) is 2.77. The van der Waals surface area contributed by atoms with Crippen molar-refractivity contribution >= 4 is 21.6 Å². The van der Waals surface area contributed by atoms with E-state index in [1.807, 2.05) is 19.1 Å². The summed E-state index contributed by atoms with van der Waals surface area (Å²) in [6.45, 7) is 7.69. The van der Waals surface area contributed by atoms with E-state index in [2.05, 4.69) is 36.0 Å². The fourth-order valence-electron chi connectivity index (χ4n) is 2.86. The van der Waals surface area contributed by atoms with Crippen molar-refractivity contribution in [3.8, 4) is 0 Å². The maximum Gasteiger partial charge on any atom is 0.241 e. The molecule has 2 unspecified atom stereocenters. The van der Waals surface area contributed by atoms with Crippen molar-refractivity contribution in [2.45, 2.75) is 57.4 Å². The normalized spacial score (nSPS) is 13.8. The van der Waals surface area contributed by atoms with Gasteiger partial charge in [0.2, 0.25) is 15.9 Å². The lowest BCUT2D eigenvalue weighted by molar-refractivity contribution is -0.114. The lowest BCUT2D eigenvalue weighted by atomic mass is 9.96. The number of amides is 1. The topological polar surface area (TPSA) is 75.3 Å². The number of carbonyl (C=O) groups excluding carboxylic acids is 1. The third-order valence-corrected chi connectivity index (χ3v) is 6.20. The summed E-state index contributed by atoms with van der Waals surface area (Å²) in [5, 5.41) is 2.63. The molecule has 0 radical (unpaired) electrons. The van der Waals surface area contributed by atoms with E-state index in [1.165, 1.54) is 24.6 Å². The van der Waals surface area contributed by atoms with Gasteiger partial charge in [0, 0.05) is 18.7 Å². The van der Waals surface area contributed by atoms with Crippen LogP contribution in [0.25, 0.3) is 0 Å². The first-order chi connectivity index (χ1) is 12.8. The van der Waals surface area contributed by atoms with E-state index in [0.717, 1.165) is 12.0 Å². The van der Waals surface area contributed by atoms with Crippen LogP contribution in [0.3, 0.4) is 0 Å². The first kappa shape index (κ1) is 21.1. The molecule has 0 saturated carbocycles. The van der Waals surface area contributed by atoms with E-state index >= 15 is 0 Å². The number of hydrogen-bond acceptors (Lipinski definition) is 3. The minimum atomic E-state index is -3.66. The van der Waals surface area contributed by atoms with Gasteiger partial charge in [0.25, 0.3) is 0 Å². The number of rotatable bonds is 8. The van der Waals surface area contributed by atoms with Crippen LogP contribution in [0.4, 0.5) is 5.69 Å². The molecule has 0 aliphatic rings. The Morgan fingerprint density at radius 1 is 0.926 bits per heavy atom. The van der Waals surface area contributed by atoms with Crippen LogP contribution in [0.15, 0.2) is 53.4 Å². The van der Waals surface area contributed by atoms with E-state index in [-0.39, 0.29) is 16.8 Å². The Morgan fingerprint density at radius 2 is 1.48 bits per heavy atom. The second kappa shape index (κ2) is 9.15. The molecule has 0 aliphatic heterocycles. The average Bonchev–Trinajstić information content (AvgIpc) is 2.65. The molecule has 2 rings (SSSR count). The highest BCUT2D eigenvalue weighted by atomic mass is 32.2. The monoisotopic (exact) mass is 388 g/mol. The molecule has 0 heterocycles. The zero-order chi connectivity index (χ0) is 20.0. The van der Waals surface area contributed by atoms with Crippen molar-refractivity contribution in [1.29, 1.82) is 0 Å². The Balaban J connectivity index is 2.17. The van der Waals surface area contributed by atoms with Crippen LogP contribution < -0.4 is 10.0 Å². The van der Waals surface area contributed by atoms with E-state index in [1.54, 1.807) is 12.1 Å². The fraction of sp³-hybridized carbons (Fsp3) is 0.381. The molecule has 0 fully saturated rings. The van der Waals surface area contributed by atoms with Crippen molar-refractivity contribution < 1.29 is 13.2 Å². The zero-order valence-electron chi connectivity index (χ0n) is 16.3. The van der Waals surface area contributed by atoms with E-state index in [0.29, 0.717) is 18.0 Å². The van der Waals surface area contributed by atoms with Crippen LogP contribution in [0.5, 0.6) is 0 Å². The van der Waals surface area contributed by atoms with Gasteiger partial charge in [0.1, 0.15) is 0 Å². The summed E-state index contributed by atoms with van der Waals surface area (Å²) >= 11 is 0.